The molecule has 0 aliphatic rings. The number of hydrogen-bond acceptors (Lipinski definition) is 2. The molecule has 1 heterocycles. The summed E-state index contributed by atoms with van der Waals surface area (Å²) in [6.07, 6.45) is 2.76. The molecule has 0 bridgehead atoms. The minimum atomic E-state index is 0.655. The van der Waals surface area contributed by atoms with Crippen molar-refractivity contribution in [1.29, 1.82) is 0 Å². The number of nitrogens with zero attached hydrogens (tertiary/aromatic N) is 2. The number of para-hydroxylation sites is 1. The van der Waals surface area contributed by atoms with Crippen LogP contribution in [0.25, 0.3) is 5.69 Å². The molecule has 0 amide bonds. The number of halogens is 1. The Morgan fingerprint density at radius 1 is 1.38 bits per heavy atom. The summed E-state index contributed by atoms with van der Waals surface area (Å²) >= 11 is 3.53. The van der Waals surface area contributed by atoms with E-state index in [1.807, 2.05) is 35.1 Å². The van der Waals surface area contributed by atoms with Gasteiger partial charge < -0.3 is 5.73 Å². The van der Waals surface area contributed by atoms with Crippen molar-refractivity contribution in [2.24, 2.45) is 5.73 Å². The van der Waals surface area contributed by atoms with Crippen LogP contribution in [-0.4, -0.2) is 16.3 Å². The zero-order valence-electron chi connectivity index (χ0n) is 9.15. The molecule has 0 unspecified atom stereocenters. The van der Waals surface area contributed by atoms with Crippen molar-refractivity contribution in [3.05, 3.63) is 46.2 Å². The van der Waals surface area contributed by atoms with Crippen LogP contribution in [0.4, 0.5) is 0 Å². The van der Waals surface area contributed by atoms with E-state index in [0.717, 1.165) is 22.3 Å². The minimum absolute atomic E-state index is 0.655. The monoisotopic (exact) mass is 279 g/mol. The lowest BCUT2D eigenvalue weighted by atomic mass is 10.2. The fourth-order valence-corrected chi connectivity index (χ4v) is 2.16. The van der Waals surface area contributed by atoms with Gasteiger partial charge >= 0.3 is 0 Å². The Hall–Kier alpha value is -1.13. The van der Waals surface area contributed by atoms with Crippen LogP contribution in [0.15, 0.2) is 34.9 Å². The van der Waals surface area contributed by atoms with E-state index in [9.17, 15) is 0 Å². The van der Waals surface area contributed by atoms with Gasteiger partial charge in [0.05, 0.1) is 11.9 Å². The van der Waals surface area contributed by atoms with Crippen molar-refractivity contribution in [3.63, 3.8) is 0 Å². The van der Waals surface area contributed by atoms with Crippen molar-refractivity contribution in [2.45, 2.75) is 13.3 Å². The lowest BCUT2D eigenvalue weighted by Gasteiger charge is -2.07. The van der Waals surface area contributed by atoms with Gasteiger partial charge in [0, 0.05) is 10.2 Å². The van der Waals surface area contributed by atoms with Gasteiger partial charge in [-0.2, -0.15) is 5.10 Å². The predicted molar refractivity (Wildman–Crippen MR) is 68.8 cm³/mol. The van der Waals surface area contributed by atoms with E-state index in [0.29, 0.717) is 6.54 Å². The molecular weight excluding hydrogens is 266 g/mol. The second kappa shape index (κ2) is 4.80. The highest BCUT2D eigenvalue weighted by molar-refractivity contribution is 9.10. The van der Waals surface area contributed by atoms with Crippen LogP contribution >= 0.6 is 15.9 Å². The Labute approximate surface area is 103 Å². The highest BCUT2D eigenvalue weighted by atomic mass is 79.9. The summed E-state index contributed by atoms with van der Waals surface area (Å²) < 4.78 is 2.98. The fraction of sp³-hybridized carbons (Fsp3) is 0.250. The Balaban J connectivity index is 2.45. The Morgan fingerprint density at radius 2 is 2.12 bits per heavy atom. The van der Waals surface area contributed by atoms with Crippen molar-refractivity contribution >= 4 is 15.9 Å². The minimum Gasteiger partial charge on any atom is -0.330 e. The molecule has 2 N–H and O–H groups in total. The molecule has 0 radical (unpaired) electrons. The molecular formula is C12H14BrN3. The summed E-state index contributed by atoms with van der Waals surface area (Å²) in [5.74, 6) is 0. The summed E-state index contributed by atoms with van der Waals surface area (Å²) in [7, 11) is 0. The van der Waals surface area contributed by atoms with Crippen LogP contribution in [-0.2, 0) is 6.42 Å². The van der Waals surface area contributed by atoms with E-state index < -0.39 is 0 Å². The molecule has 84 valence electrons. The first-order chi connectivity index (χ1) is 7.74. The van der Waals surface area contributed by atoms with E-state index in [1.165, 1.54) is 5.56 Å². The normalized spacial score (nSPS) is 10.7. The molecule has 0 saturated heterocycles. The standard InChI is InChI=1S/C12H14BrN3/c1-9-10(6-7-14)8-15-16(9)12-5-3-2-4-11(12)13/h2-5,8H,6-7,14H2,1H3. The topological polar surface area (TPSA) is 43.8 Å². The van der Waals surface area contributed by atoms with Gasteiger partial charge in [-0.15, -0.1) is 0 Å². The maximum Gasteiger partial charge on any atom is 0.0790 e. The van der Waals surface area contributed by atoms with Gasteiger partial charge in [0.2, 0.25) is 0 Å². The molecule has 0 spiro atoms. The quantitative estimate of drug-likeness (QED) is 0.938. The molecule has 2 aromatic rings. The van der Waals surface area contributed by atoms with Crippen molar-refractivity contribution in [3.8, 4) is 5.69 Å². The van der Waals surface area contributed by atoms with E-state index in [1.54, 1.807) is 0 Å². The summed E-state index contributed by atoms with van der Waals surface area (Å²) in [5.41, 5.74) is 8.98. The molecule has 0 aliphatic carbocycles. The van der Waals surface area contributed by atoms with Gasteiger partial charge in [-0.25, -0.2) is 4.68 Å². The Kier molecular flexibility index (Phi) is 3.41. The second-order valence-electron chi connectivity index (χ2n) is 3.66. The van der Waals surface area contributed by atoms with Crippen LogP contribution in [0.5, 0.6) is 0 Å². The molecule has 0 aliphatic heterocycles. The van der Waals surface area contributed by atoms with Gasteiger partial charge in [0.25, 0.3) is 0 Å². The van der Waals surface area contributed by atoms with E-state index in [4.69, 9.17) is 5.73 Å². The summed E-state index contributed by atoms with van der Waals surface area (Å²) in [6, 6.07) is 8.05. The SMILES string of the molecule is Cc1c(CCN)cnn1-c1ccccc1Br. The molecule has 1 aromatic heterocycles. The molecule has 2 rings (SSSR count). The molecule has 4 heteroatoms. The van der Waals surface area contributed by atoms with Gasteiger partial charge in [-0.1, -0.05) is 12.1 Å². The zero-order valence-corrected chi connectivity index (χ0v) is 10.7. The van der Waals surface area contributed by atoms with Crippen molar-refractivity contribution < 1.29 is 0 Å². The van der Waals surface area contributed by atoms with Crippen LogP contribution < -0.4 is 5.73 Å². The second-order valence-corrected chi connectivity index (χ2v) is 4.51. The van der Waals surface area contributed by atoms with E-state index >= 15 is 0 Å². The smallest absolute Gasteiger partial charge is 0.0790 e. The maximum atomic E-state index is 5.56. The van der Waals surface area contributed by atoms with Gasteiger partial charge in [-0.3, -0.25) is 0 Å². The third kappa shape index (κ3) is 2.03. The number of hydrogen-bond donors (Lipinski definition) is 1. The molecule has 0 atom stereocenters. The number of aromatic nitrogens is 2. The first-order valence-electron chi connectivity index (χ1n) is 5.22. The third-order valence-electron chi connectivity index (χ3n) is 2.61. The average molecular weight is 280 g/mol. The predicted octanol–water partition coefficient (Wildman–Crippen LogP) is 2.44. The van der Waals surface area contributed by atoms with Crippen molar-refractivity contribution in [2.75, 3.05) is 6.54 Å². The van der Waals surface area contributed by atoms with Crippen LogP contribution in [0.1, 0.15) is 11.3 Å². The van der Waals surface area contributed by atoms with E-state index in [2.05, 4.69) is 28.0 Å². The highest BCUT2D eigenvalue weighted by Crippen LogP contribution is 2.22. The maximum absolute atomic E-state index is 5.56. The van der Waals surface area contributed by atoms with Crippen LogP contribution in [0, 0.1) is 6.92 Å². The van der Waals surface area contributed by atoms with Gasteiger partial charge in [0.1, 0.15) is 0 Å². The first kappa shape index (κ1) is 11.4. The lowest BCUT2D eigenvalue weighted by Crippen LogP contribution is -2.04. The fourth-order valence-electron chi connectivity index (χ4n) is 1.71. The van der Waals surface area contributed by atoms with Crippen LogP contribution in [0.2, 0.25) is 0 Å². The van der Waals surface area contributed by atoms with E-state index in [-0.39, 0.29) is 0 Å². The van der Waals surface area contributed by atoms with Gasteiger partial charge in [-0.05, 0) is 53.5 Å². The third-order valence-corrected chi connectivity index (χ3v) is 3.28. The summed E-state index contributed by atoms with van der Waals surface area (Å²) in [6.45, 7) is 2.72. The largest absolute Gasteiger partial charge is 0.330 e. The summed E-state index contributed by atoms with van der Waals surface area (Å²) in [5, 5.41) is 4.40. The average Bonchev–Trinajstić information content (AvgIpc) is 2.62. The molecule has 16 heavy (non-hydrogen) atoms. The number of rotatable bonds is 3. The summed E-state index contributed by atoms with van der Waals surface area (Å²) in [4.78, 5) is 0. The zero-order chi connectivity index (χ0) is 11.5. The molecule has 3 nitrogen and oxygen atoms in total. The Morgan fingerprint density at radius 3 is 2.81 bits per heavy atom. The highest BCUT2D eigenvalue weighted by Gasteiger charge is 2.09. The van der Waals surface area contributed by atoms with Crippen molar-refractivity contribution in [1.82, 2.24) is 9.78 Å². The number of nitrogens with two attached hydrogens (primary N) is 1. The first-order valence-corrected chi connectivity index (χ1v) is 6.02. The molecule has 0 fully saturated rings. The van der Waals surface area contributed by atoms with Crippen LogP contribution in [0.3, 0.4) is 0 Å². The number of benzene rings is 1. The Bertz CT molecular complexity index is 491. The molecule has 0 saturated carbocycles. The lowest BCUT2D eigenvalue weighted by molar-refractivity contribution is 0.838. The molecule has 1 aromatic carbocycles. The van der Waals surface area contributed by atoms with Gasteiger partial charge in [0.15, 0.2) is 0 Å².